The van der Waals surface area contributed by atoms with Gasteiger partial charge >= 0.3 is 5.97 Å². The van der Waals surface area contributed by atoms with E-state index in [0.29, 0.717) is 5.56 Å². The average molecular weight is 570 g/mol. The normalized spacial score (nSPS) is 13.9. The summed E-state index contributed by atoms with van der Waals surface area (Å²) < 4.78 is 0. The average Bonchev–Trinajstić information content (AvgIpc) is 2.91. The van der Waals surface area contributed by atoms with Crippen molar-refractivity contribution in [2.75, 3.05) is 0 Å². The molecule has 4 unspecified atom stereocenters. The number of benzene rings is 2. The Morgan fingerprint density at radius 1 is 0.756 bits per heavy atom. The van der Waals surface area contributed by atoms with E-state index in [1.54, 1.807) is 12.1 Å². The number of carbonyl (C=O) groups excluding carboxylic acids is 4. The Kier molecular flexibility index (Phi) is 12.8. The number of nitrogens with two attached hydrogens (primary N) is 2. The number of hydrogen-bond donors (Lipinski definition) is 7. The number of primary amides is 1. The first-order chi connectivity index (χ1) is 19.3. The number of amides is 4. The minimum Gasteiger partial charge on any atom is -0.508 e. The third-order valence-corrected chi connectivity index (χ3v) is 6.28. The smallest absolute Gasteiger partial charge is 0.326 e. The Morgan fingerprint density at radius 2 is 1.29 bits per heavy atom. The van der Waals surface area contributed by atoms with Gasteiger partial charge in [-0.05, 0) is 48.4 Å². The number of phenols is 1. The molecule has 2 aromatic rings. The molecule has 12 nitrogen and oxygen atoms in total. The highest BCUT2D eigenvalue weighted by Crippen LogP contribution is 2.13. The van der Waals surface area contributed by atoms with Gasteiger partial charge in [0, 0.05) is 12.8 Å². The van der Waals surface area contributed by atoms with E-state index in [0.717, 1.165) is 5.56 Å². The minimum absolute atomic E-state index is 0.0170. The number of carboxylic acids is 1. The number of carbonyl (C=O) groups is 5. The van der Waals surface area contributed by atoms with Crippen molar-refractivity contribution in [2.24, 2.45) is 17.4 Å². The van der Waals surface area contributed by atoms with E-state index in [4.69, 9.17) is 11.5 Å². The van der Waals surface area contributed by atoms with E-state index in [1.165, 1.54) is 12.1 Å². The quantitative estimate of drug-likeness (QED) is 0.149. The Balaban J connectivity index is 2.15. The second-order valence-electron chi connectivity index (χ2n) is 10.3. The summed E-state index contributed by atoms with van der Waals surface area (Å²) in [5.41, 5.74) is 12.7. The van der Waals surface area contributed by atoms with Crippen LogP contribution >= 0.6 is 0 Å². The van der Waals surface area contributed by atoms with Gasteiger partial charge in [0.2, 0.25) is 23.6 Å². The number of nitrogens with one attached hydrogen (secondary N) is 3. The van der Waals surface area contributed by atoms with Crippen LogP contribution in [0, 0.1) is 5.92 Å². The second-order valence-corrected chi connectivity index (χ2v) is 10.3. The van der Waals surface area contributed by atoms with Gasteiger partial charge in [-0.2, -0.15) is 0 Å². The fourth-order valence-corrected chi connectivity index (χ4v) is 4.11. The lowest BCUT2D eigenvalue weighted by atomic mass is 10.00. The van der Waals surface area contributed by atoms with Crippen molar-refractivity contribution in [3.05, 3.63) is 65.7 Å². The molecule has 41 heavy (non-hydrogen) atoms. The number of aliphatic carboxylic acids is 1. The third-order valence-electron chi connectivity index (χ3n) is 6.28. The molecule has 4 amide bonds. The maximum absolute atomic E-state index is 13.3. The lowest BCUT2D eigenvalue weighted by Gasteiger charge is -2.26. The van der Waals surface area contributed by atoms with Gasteiger partial charge in [-0.3, -0.25) is 19.2 Å². The van der Waals surface area contributed by atoms with Crippen LogP contribution in [0.15, 0.2) is 54.6 Å². The first-order valence-electron chi connectivity index (χ1n) is 13.3. The number of hydrogen-bond acceptors (Lipinski definition) is 7. The zero-order valence-corrected chi connectivity index (χ0v) is 23.2. The molecule has 0 saturated heterocycles. The van der Waals surface area contributed by atoms with E-state index < -0.39 is 53.8 Å². The molecule has 0 bridgehead atoms. The summed E-state index contributed by atoms with van der Waals surface area (Å²) in [6.07, 6.45) is 0.000874. The van der Waals surface area contributed by atoms with Gasteiger partial charge in [-0.15, -0.1) is 0 Å². The van der Waals surface area contributed by atoms with Crippen molar-refractivity contribution >= 4 is 29.6 Å². The van der Waals surface area contributed by atoms with Crippen LogP contribution in [0.1, 0.15) is 44.2 Å². The number of phenolic OH excluding ortho intramolecular Hbond substituents is 1. The summed E-state index contributed by atoms with van der Waals surface area (Å²) in [5.74, 6) is -4.09. The number of rotatable bonds is 16. The fraction of sp³-hybridized carbons (Fsp3) is 0.414. The van der Waals surface area contributed by atoms with Crippen LogP contribution in [0.25, 0.3) is 0 Å². The van der Waals surface area contributed by atoms with Crippen LogP contribution in [-0.2, 0) is 36.8 Å². The van der Waals surface area contributed by atoms with Gasteiger partial charge in [-0.1, -0.05) is 56.3 Å². The van der Waals surface area contributed by atoms with Crippen LogP contribution in [0.3, 0.4) is 0 Å². The zero-order valence-electron chi connectivity index (χ0n) is 23.2. The van der Waals surface area contributed by atoms with Crippen LogP contribution in [0.5, 0.6) is 5.75 Å². The molecule has 0 aliphatic heterocycles. The van der Waals surface area contributed by atoms with Crippen LogP contribution in [0.2, 0.25) is 0 Å². The summed E-state index contributed by atoms with van der Waals surface area (Å²) in [6, 6.07) is 10.3. The topological polar surface area (TPSA) is 214 Å². The summed E-state index contributed by atoms with van der Waals surface area (Å²) in [7, 11) is 0. The zero-order chi connectivity index (χ0) is 30.5. The predicted molar refractivity (Wildman–Crippen MR) is 151 cm³/mol. The largest absolute Gasteiger partial charge is 0.508 e. The summed E-state index contributed by atoms with van der Waals surface area (Å²) in [6.45, 7) is 3.65. The minimum atomic E-state index is -1.31. The van der Waals surface area contributed by atoms with E-state index in [1.807, 2.05) is 44.2 Å². The van der Waals surface area contributed by atoms with Gasteiger partial charge in [0.05, 0.1) is 6.04 Å². The lowest BCUT2D eigenvalue weighted by molar-refractivity contribution is -0.142. The Labute approximate surface area is 238 Å². The number of carboxylic acid groups (broad SMARTS) is 1. The van der Waals surface area contributed by atoms with Crippen molar-refractivity contribution in [3.8, 4) is 5.75 Å². The van der Waals surface area contributed by atoms with Crippen LogP contribution < -0.4 is 27.4 Å². The molecule has 12 heteroatoms. The number of aromatic hydroxyl groups is 1. The molecule has 222 valence electrons. The van der Waals surface area contributed by atoms with Crippen molar-refractivity contribution in [2.45, 2.75) is 70.1 Å². The molecule has 0 spiro atoms. The van der Waals surface area contributed by atoms with E-state index in [9.17, 15) is 34.2 Å². The standard InChI is InChI=1S/C29H39N5O7/c1-17(2)14-23(28(39)34-24(29(40)41)16-19-8-10-20(35)11-9-19)33-27(38)22(12-13-25(31)36)32-26(37)21(30)15-18-6-4-3-5-7-18/h3-11,17,21-24,35H,12-16,30H2,1-2H3,(H2,31,36)(H,32,37)(H,33,38)(H,34,39)(H,40,41). The fourth-order valence-electron chi connectivity index (χ4n) is 4.11. The van der Waals surface area contributed by atoms with Gasteiger partial charge in [0.25, 0.3) is 0 Å². The van der Waals surface area contributed by atoms with Crippen LogP contribution in [-0.4, -0.2) is 64.0 Å². The SMILES string of the molecule is CC(C)CC(NC(=O)C(CCC(N)=O)NC(=O)C(N)Cc1ccccc1)C(=O)NC(Cc1ccc(O)cc1)C(=O)O. The lowest BCUT2D eigenvalue weighted by Crippen LogP contribution is -2.57. The van der Waals surface area contributed by atoms with E-state index >= 15 is 0 Å². The summed E-state index contributed by atoms with van der Waals surface area (Å²) in [5, 5.41) is 26.8. The Hall–Kier alpha value is -4.45. The van der Waals surface area contributed by atoms with Crippen LogP contribution in [0.4, 0.5) is 0 Å². The molecule has 4 atom stereocenters. The van der Waals surface area contributed by atoms with Gasteiger partial charge in [-0.25, -0.2) is 4.79 Å². The van der Waals surface area contributed by atoms with Crippen molar-refractivity contribution in [1.29, 1.82) is 0 Å². The summed E-state index contributed by atoms with van der Waals surface area (Å²) in [4.78, 5) is 62.6. The highest BCUT2D eigenvalue weighted by Gasteiger charge is 2.31. The molecule has 0 saturated carbocycles. The van der Waals surface area contributed by atoms with Gasteiger partial charge < -0.3 is 37.6 Å². The Bertz CT molecular complexity index is 1190. The van der Waals surface area contributed by atoms with Crippen molar-refractivity contribution in [1.82, 2.24) is 16.0 Å². The van der Waals surface area contributed by atoms with Crippen molar-refractivity contribution in [3.63, 3.8) is 0 Å². The molecule has 2 rings (SSSR count). The molecule has 0 aliphatic rings. The highest BCUT2D eigenvalue weighted by molar-refractivity contribution is 5.94. The monoisotopic (exact) mass is 569 g/mol. The maximum Gasteiger partial charge on any atom is 0.326 e. The van der Waals surface area contributed by atoms with E-state index in [-0.39, 0.29) is 43.8 Å². The molecule has 0 aromatic heterocycles. The molecule has 0 radical (unpaired) electrons. The third kappa shape index (κ3) is 11.7. The second kappa shape index (κ2) is 16.0. The van der Waals surface area contributed by atoms with E-state index in [2.05, 4.69) is 16.0 Å². The molecular weight excluding hydrogens is 530 g/mol. The first-order valence-corrected chi connectivity index (χ1v) is 13.3. The Morgan fingerprint density at radius 3 is 1.85 bits per heavy atom. The molecular formula is C29H39N5O7. The highest BCUT2D eigenvalue weighted by atomic mass is 16.4. The maximum atomic E-state index is 13.3. The molecule has 9 N–H and O–H groups in total. The molecule has 0 fully saturated rings. The predicted octanol–water partition coefficient (Wildman–Crippen LogP) is 0.355. The molecule has 0 aliphatic carbocycles. The molecule has 0 heterocycles. The summed E-state index contributed by atoms with van der Waals surface area (Å²) >= 11 is 0. The van der Waals surface area contributed by atoms with Gasteiger partial charge in [0.1, 0.15) is 23.9 Å². The van der Waals surface area contributed by atoms with Crippen molar-refractivity contribution < 1.29 is 34.2 Å². The molecule has 2 aromatic carbocycles. The first kappa shape index (κ1) is 32.8. The van der Waals surface area contributed by atoms with Gasteiger partial charge in [0.15, 0.2) is 0 Å².